The van der Waals surface area contributed by atoms with E-state index in [-0.39, 0.29) is 54.1 Å². The van der Waals surface area contributed by atoms with Crippen molar-refractivity contribution in [3.05, 3.63) is 24.8 Å². The maximum absolute atomic E-state index is 12.8. The Morgan fingerprint density at radius 2 is 1.44 bits per heavy atom. The highest BCUT2D eigenvalue weighted by Gasteiger charge is 2.50. The van der Waals surface area contributed by atoms with E-state index < -0.39 is 103 Å². The van der Waals surface area contributed by atoms with Crippen molar-refractivity contribution in [2.24, 2.45) is 5.41 Å². The van der Waals surface area contributed by atoms with Gasteiger partial charge in [0.15, 0.2) is 24.0 Å². The van der Waals surface area contributed by atoms with Crippen molar-refractivity contribution in [1.82, 2.24) is 30.2 Å². The first-order chi connectivity index (χ1) is 37.8. The minimum Gasteiger partial charge on any atom is -0.390 e. The summed E-state index contributed by atoms with van der Waals surface area (Å²) in [5.41, 5.74) is 4.27. The van der Waals surface area contributed by atoms with Crippen LogP contribution in [0.5, 0.6) is 0 Å². The molecule has 28 nitrogen and oxygen atoms in total. The number of unbranched alkanes of at least 4 members (excludes halogenated alkanes) is 16. The van der Waals surface area contributed by atoms with Crippen LogP contribution in [0.3, 0.4) is 0 Å². The molecule has 0 spiro atoms. The van der Waals surface area contributed by atoms with Gasteiger partial charge in [0.1, 0.15) is 42.4 Å². The van der Waals surface area contributed by atoms with Gasteiger partial charge in [-0.3, -0.25) is 32.5 Å². The lowest BCUT2D eigenvalue weighted by Crippen LogP contribution is -2.47. The van der Waals surface area contributed by atoms with Crippen LogP contribution in [0, 0.1) is 5.41 Å². The molecule has 0 bridgehead atoms. The number of aromatic nitrogens is 4. The summed E-state index contributed by atoms with van der Waals surface area (Å²) in [4.78, 5) is 88.6. The molecule has 2 fully saturated rings. The Bertz CT molecular complexity index is 2390. The summed E-state index contributed by atoms with van der Waals surface area (Å²) in [5.74, 6) is -1.13. The number of nitrogen functional groups attached to an aromatic ring is 1. The van der Waals surface area contributed by atoms with Gasteiger partial charge in [0.05, 0.1) is 31.7 Å². The smallest absolute Gasteiger partial charge is 0.390 e. The molecule has 458 valence electrons. The molecule has 11 atom stereocenters. The van der Waals surface area contributed by atoms with Crippen LogP contribution in [0.1, 0.15) is 149 Å². The van der Waals surface area contributed by atoms with E-state index in [0.29, 0.717) is 12.4 Å². The van der Waals surface area contributed by atoms with Gasteiger partial charge in [-0.25, -0.2) is 28.6 Å². The lowest BCUT2D eigenvalue weighted by Gasteiger charge is -2.35. The highest BCUT2D eigenvalue weighted by molar-refractivity contribution is 8.14. The van der Waals surface area contributed by atoms with E-state index in [4.69, 9.17) is 29.0 Å². The minimum atomic E-state index is -5.59. The number of nitrogens with zero attached hydrogens (tertiary/aromatic N) is 4. The molecule has 2 amide bonds. The number of carbonyl (C=O) groups excluding carboxylic acids is 3. The number of carbonyl (C=O) groups is 3. The molecule has 0 saturated carbocycles. The number of anilines is 1. The molecule has 80 heavy (non-hydrogen) atoms. The van der Waals surface area contributed by atoms with Gasteiger partial charge in [0.25, 0.3) is 0 Å². The number of nitrogens with two attached hydrogens (primary N) is 1. The molecular formula is C48H84N7O21P3S. The van der Waals surface area contributed by atoms with Crippen LogP contribution in [0.4, 0.5) is 5.82 Å². The number of phosphoric ester groups is 3. The van der Waals surface area contributed by atoms with E-state index in [2.05, 4.69) is 34.4 Å². The summed E-state index contributed by atoms with van der Waals surface area (Å²) in [7, 11) is -16.4. The number of nitrogens with one attached hydrogen (secondary N) is 2. The minimum absolute atomic E-state index is 0.0282. The predicted octanol–water partition coefficient (Wildman–Crippen LogP) is 4.73. The second-order valence-electron chi connectivity index (χ2n) is 20.5. The van der Waals surface area contributed by atoms with Crippen molar-refractivity contribution in [2.75, 3.05) is 44.4 Å². The zero-order valence-corrected chi connectivity index (χ0v) is 49.2. The van der Waals surface area contributed by atoms with Gasteiger partial charge < -0.3 is 70.6 Å². The predicted molar refractivity (Wildman–Crippen MR) is 292 cm³/mol. The maximum Gasteiger partial charge on any atom is 0.481 e. The zero-order valence-electron chi connectivity index (χ0n) is 45.7. The Hall–Kier alpha value is -2.86. The summed E-state index contributed by atoms with van der Waals surface area (Å²) in [6.45, 7) is 2.82. The van der Waals surface area contributed by atoms with E-state index in [1.807, 2.05) is 6.08 Å². The summed E-state index contributed by atoms with van der Waals surface area (Å²) in [6, 6.07) is 0. The first-order valence-electron chi connectivity index (χ1n) is 27.1. The Morgan fingerprint density at radius 1 is 0.838 bits per heavy atom. The monoisotopic (exact) mass is 1220 g/mol. The Labute approximate surface area is 470 Å². The van der Waals surface area contributed by atoms with Crippen LogP contribution in [0.25, 0.3) is 11.2 Å². The molecule has 4 rings (SSSR count). The van der Waals surface area contributed by atoms with Gasteiger partial charge in [0, 0.05) is 43.7 Å². The van der Waals surface area contributed by atoms with Gasteiger partial charge >= 0.3 is 23.5 Å². The Balaban J connectivity index is 0.966. The quantitative estimate of drug-likeness (QED) is 0.0244. The molecule has 2 aliphatic rings. The number of ether oxygens (including phenoxy) is 3. The van der Waals surface area contributed by atoms with E-state index in [0.717, 1.165) is 61.1 Å². The number of phosphoric acid groups is 3. The topological polar surface area (TPSA) is 423 Å². The van der Waals surface area contributed by atoms with Crippen molar-refractivity contribution < 1.29 is 100 Å². The normalized spacial score (nSPS) is 23.7. The fourth-order valence-electron chi connectivity index (χ4n) is 8.64. The second-order valence-corrected chi connectivity index (χ2v) is 25.9. The van der Waals surface area contributed by atoms with E-state index >= 15 is 0 Å². The highest BCUT2D eigenvalue weighted by Crippen LogP contribution is 2.61. The Morgan fingerprint density at radius 3 is 2.06 bits per heavy atom. The lowest BCUT2D eigenvalue weighted by atomic mass is 9.87. The average Bonchev–Trinajstić information content (AvgIpc) is 3.98. The first-order valence-corrected chi connectivity index (χ1v) is 32.7. The fourth-order valence-corrected chi connectivity index (χ4v) is 12.1. The number of amides is 2. The van der Waals surface area contributed by atoms with Crippen LogP contribution < -0.4 is 16.4 Å². The molecule has 12 N–H and O–H groups in total. The molecule has 2 saturated heterocycles. The molecule has 0 aliphatic carbocycles. The van der Waals surface area contributed by atoms with Gasteiger partial charge in [-0.05, 0) is 32.3 Å². The van der Waals surface area contributed by atoms with E-state index in [9.17, 15) is 68.1 Å². The molecular weight excluding hydrogens is 1140 g/mol. The largest absolute Gasteiger partial charge is 0.481 e. The first kappa shape index (κ1) is 69.6. The van der Waals surface area contributed by atoms with Crippen LogP contribution in [-0.4, -0.2) is 164 Å². The van der Waals surface area contributed by atoms with Crippen molar-refractivity contribution in [3.8, 4) is 0 Å². The van der Waals surface area contributed by atoms with Crippen LogP contribution in [-0.2, 0) is 60.2 Å². The van der Waals surface area contributed by atoms with Crippen LogP contribution >= 0.6 is 35.2 Å². The van der Waals surface area contributed by atoms with Crippen molar-refractivity contribution >= 4 is 69.1 Å². The number of rotatable bonds is 40. The van der Waals surface area contributed by atoms with Crippen LogP contribution in [0.15, 0.2) is 24.8 Å². The third-order valence-electron chi connectivity index (χ3n) is 13.2. The number of aliphatic hydroxyl groups excluding tert-OH is 4. The number of hydrogen-bond donors (Lipinski definition) is 11. The van der Waals surface area contributed by atoms with E-state index in [1.54, 1.807) is 13.0 Å². The van der Waals surface area contributed by atoms with Crippen molar-refractivity contribution in [3.63, 3.8) is 0 Å². The van der Waals surface area contributed by atoms with Gasteiger partial charge in [0.2, 0.25) is 16.9 Å². The third-order valence-corrected chi connectivity index (χ3v) is 17.2. The molecule has 2 aromatic rings. The standard InChI is InChI=1S/C48H84N7O21P3S/c1-33-34(56)28-35(57)47(73-33)70-26-21-19-17-15-13-11-9-7-5-4-6-8-10-12-14-16-18-20-22-38(59)80-27-25-50-37(58)23-24-51-45(62)42(61)48(2,3)30-72-79(68,69)76-78(66,67)71-29-36-41(75-77(63,64)65)40(60)46(74-36)55-32-54-39-43(49)52-31-53-44(39)55/h20,22,31-36,40-42,46-47,56-57,60-61H,4-19,21,23-30H2,1-3H3,(H,50,58)(H,51,62)(H,66,67)(H,68,69)(H2,49,52,53)(H2,63,64,65)/b22-20+/t33-,34+,35+,36+,40+,41+,42-,46+,47+/m0/s1. The van der Waals surface area contributed by atoms with Gasteiger partial charge in [-0.2, -0.15) is 4.31 Å². The fraction of sp³-hybridized carbons (Fsp3) is 0.792. The SMILES string of the molecule is C[C@@H]1O[C@@H](OCCCCCCCCCCCCCCCCCC/C=C/C(=O)SCCNC(=O)CCNC(=O)[C@H](O)C(C)(C)COP(=O)(O)OP(=O)(O)OC[C@H]2O[C@@H](n3cnc4c(N)ncnc43)[C@H](O)[C@@H]2OP(=O)(O)O)[C@H](O)C[C@H]1O. The summed E-state index contributed by atoms with van der Waals surface area (Å²) >= 11 is 1.06. The number of imidazole rings is 1. The summed E-state index contributed by atoms with van der Waals surface area (Å²) in [6.07, 6.45) is 14.3. The number of fused-ring (bicyclic) bond motifs is 1. The van der Waals surface area contributed by atoms with Crippen molar-refractivity contribution in [1.29, 1.82) is 0 Å². The zero-order chi connectivity index (χ0) is 58.9. The molecule has 2 aliphatic heterocycles. The molecule has 4 heterocycles. The molecule has 0 aromatic carbocycles. The highest BCUT2D eigenvalue weighted by atomic mass is 32.2. The molecule has 2 unspecified atom stereocenters. The molecule has 32 heteroatoms. The van der Waals surface area contributed by atoms with Crippen molar-refractivity contribution in [2.45, 2.75) is 198 Å². The number of aliphatic hydroxyl groups is 4. The van der Waals surface area contributed by atoms with Gasteiger partial charge in [-0.15, -0.1) is 0 Å². The number of allylic oxidation sites excluding steroid dienone is 1. The molecule has 2 aromatic heterocycles. The molecule has 0 radical (unpaired) electrons. The third kappa shape index (κ3) is 25.6. The van der Waals surface area contributed by atoms with E-state index in [1.165, 1.54) is 90.9 Å². The summed E-state index contributed by atoms with van der Waals surface area (Å²) in [5, 5.41) is 46.3. The average molecular weight is 1220 g/mol. The van der Waals surface area contributed by atoms with Crippen LogP contribution in [0.2, 0.25) is 0 Å². The maximum atomic E-state index is 12.8. The second kappa shape index (κ2) is 34.8. The number of thioether (sulfide) groups is 1. The Kier molecular flexibility index (Phi) is 30.3. The summed E-state index contributed by atoms with van der Waals surface area (Å²) < 4.78 is 73.8. The number of hydrogen-bond acceptors (Lipinski definition) is 22. The lowest BCUT2D eigenvalue weighted by molar-refractivity contribution is -0.261. The van der Waals surface area contributed by atoms with Gasteiger partial charge in [-0.1, -0.05) is 122 Å².